The molecule has 12 heteroatoms. The molecular weight excluding hydrogens is 478 g/mol. The van der Waals surface area contributed by atoms with Crippen molar-refractivity contribution in [2.24, 2.45) is 11.8 Å². The lowest BCUT2D eigenvalue weighted by atomic mass is 9.95. The van der Waals surface area contributed by atoms with Gasteiger partial charge in [-0.3, -0.25) is 9.58 Å². The number of nitrogens with zero attached hydrogens (tertiary/aromatic N) is 4. The second-order valence-corrected chi connectivity index (χ2v) is 10.4. The Bertz CT molecular complexity index is 866. The van der Waals surface area contributed by atoms with Crippen molar-refractivity contribution in [1.82, 2.24) is 19.6 Å². The summed E-state index contributed by atoms with van der Waals surface area (Å²) in [6.07, 6.45) is -11.3. The van der Waals surface area contributed by atoms with Gasteiger partial charge in [-0.2, -0.15) is 31.4 Å². The van der Waals surface area contributed by atoms with Gasteiger partial charge in [-0.05, 0) is 36.7 Å². The van der Waals surface area contributed by atoms with Crippen LogP contribution in [0.2, 0.25) is 0 Å². The minimum Gasteiger partial charge on any atom is -0.426 e. The first-order chi connectivity index (χ1) is 16.3. The zero-order valence-corrected chi connectivity index (χ0v) is 19.9. The molecule has 4 rings (SSSR count). The average molecular weight is 511 g/mol. The maximum Gasteiger partial charge on any atom is 0.434 e. The van der Waals surface area contributed by atoms with Crippen LogP contribution in [0.15, 0.2) is 6.07 Å². The van der Waals surface area contributed by atoms with E-state index in [4.69, 9.17) is 5.10 Å². The predicted octanol–water partition coefficient (Wildman–Crippen LogP) is 5.51. The Morgan fingerprint density at radius 2 is 1.57 bits per heavy atom. The van der Waals surface area contributed by atoms with Crippen molar-refractivity contribution in [1.29, 1.82) is 0 Å². The van der Waals surface area contributed by atoms with E-state index in [9.17, 15) is 31.1 Å². The van der Waals surface area contributed by atoms with E-state index in [1.54, 1.807) is 0 Å². The Hall–Kier alpha value is -1.98. The lowest BCUT2D eigenvalue weighted by Crippen LogP contribution is -2.48. The van der Waals surface area contributed by atoms with Gasteiger partial charge in [0.2, 0.25) is 0 Å². The monoisotopic (exact) mass is 510 g/mol. The van der Waals surface area contributed by atoms with Crippen LogP contribution in [0.25, 0.3) is 0 Å². The molecule has 6 nitrogen and oxygen atoms in total. The molecule has 0 radical (unpaired) electrons. The van der Waals surface area contributed by atoms with E-state index in [2.05, 4.69) is 34.2 Å². The SMILES string of the molecule is CC(C)c1cc(CN2CC3CN(C(=O)OC(C(F)(F)F)C(F)(F)F)CC3C2)n(C2CCCCC2)n1. The topological polar surface area (TPSA) is 50.6 Å². The summed E-state index contributed by atoms with van der Waals surface area (Å²) in [7, 11) is 0. The van der Waals surface area contributed by atoms with Gasteiger partial charge in [-0.1, -0.05) is 33.1 Å². The van der Waals surface area contributed by atoms with Gasteiger partial charge in [0, 0.05) is 32.7 Å². The van der Waals surface area contributed by atoms with Crippen molar-refractivity contribution in [2.45, 2.75) is 82.9 Å². The highest BCUT2D eigenvalue weighted by molar-refractivity contribution is 5.68. The van der Waals surface area contributed by atoms with Gasteiger partial charge < -0.3 is 9.64 Å². The Labute approximate surface area is 200 Å². The summed E-state index contributed by atoms with van der Waals surface area (Å²) in [5.74, 6) is 0.259. The van der Waals surface area contributed by atoms with Crippen molar-refractivity contribution in [3.63, 3.8) is 0 Å². The molecule has 35 heavy (non-hydrogen) atoms. The van der Waals surface area contributed by atoms with Gasteiger partial charge in [-0.25, -0.2) is 4.79 Å². The van der Waals surface area contributed by atoms with Gasteiger partial charge in [0.05, 0.1) is 17.4 Å². The van der Waals surface area contributed by atoms with E-state index in [0.29, 0.717) is 31.6 Å². The molecule has 3 fully saturated rings. The van der Waals surface area contributed by atoms with Gasteiger partial charge in [0.1, 0.15) is 0 Å². The van der Waals surface area contributed by atoms with Crippen LogP contribution in [-0.2, 0) is 11.3 Å². The number of rotatable bonds is 5. The molecule has 2 saturated heterocycles. The average Bonchev–Trinajstić information content (AvgIpc) is 3.44. The molecule has 0 bridgehead atoms. The van der Waals surface area contributed by atoms with E-state index in [1.165, 1.54) is 19.3 Å². The van der Waals surface area contributed by atoms with E-state index in [-0.39, 0.29) is 24.9 Å². The molecule has 0 aromatic carbocycles. The van der Waals surface area contributed by atoms with Gasteiger partial charge in [0.25, 0.3) is 6.10 Å². The molecule has 2 atom stereocenters. The molecular formula is C23H32F6N4O2. The van der Waals surface area contributed by atoms with Crippen LogP contribution in [-0.4, -0.2) is 70.3 Å². The molecule has 0 spiro atoms. The highest BCUT2D eigenvalue weighted by Crippen LogP contribution is 2.38. The quantitative estimate of drug-likeness (QED) is 0.491. The third-order valence-electron chi connectivity index (χ3n) is 7.36. The predicted molar refractivity (Wildman–Crippen MR) is 115 cm³/mol. The first kappa shape index (κ1) is 26.1. The number of hydrogen-bond donors (Lipinski definition) is 0. The largest absolute Gasteiger partial charge is 0.434 e. The zero-order valence-electron chi connectivity index (χ0n) is 19.9. The fourth-order valence-corrected chi connectivity index (χ4v) is 5.59. The number of likely N-dealkylation sites (tertiary alicyclic amines) is 2. The molecule has 1 amide bonds. The Balaban J connectivity index is 1.36. The van der Waals surface area contributed by atoms with Crippen LogP contribution in [0.5, 0.6) is 0 Å². The lowest BCUT2D eigenvalue weighted by molar-refractivity contribution is -0.308. The molecule has 3 heterocycles. The Morgan fingerprint density at radius 1 is 1.00 bits per heavy atom. The molecule has 1 saturated carbocycles. The molecule has 198 valence electrons. The van der Waals surface area contributed by atoms with Crippen molar-refractivity contribution in [3.05, 3.63) is 17.5 Å². The van der Waals surface area contributed by atoms with Crippen LogP contribution in [0.1, 0.15) is 69.3 Å². The summed E-state index contributed by atoms with van der Waals surface area (Å²) in [6.45, 7) is 6.29. The number of carbonyl (C=O) groups is 1. The maximum atomic E-state index is 12.7. The second kappa shape index (κ2) is 9.82. The molecule has 1 aromatic heterocycles. The van der Waals surface area contributed by atoms with Crippen LogP contribution >= 0.6 is 0 Å². The fourth-order valence-electron chi connectivity index (χ4n) is 5.59. The highest BCUT2D eigenvalue weighted by atomic mass is 19.4. The first-order valence-electron chi connectivity index (χ1n) is 12.2. The molecule has 2 aliphatic heterocycles. The first-order valence-corrected chi connectivity index (χ1v) is 12.2. The Morgan fingerprint density at radius 3 is 2.09 bits per heavy atom. The lowest BCUT2D eigenvalue weighted by Gasteiger charge is -2.27. The van der Waals surface area contributed by atoms with Gasteiger partial charge >= 0.3 is 18.4 Å². The summed E-state index contributed by atoms with van der Waals surface area (Å²) in [6, 6.07) is 2.53. The molecule has 2 unspecified atom stereocenters. The third kappa shape index (κ3) is 5.89. The Kier molecular flexibility index (Phi) is 7.32. The number of alkyl halides is 6. The van der Waals surface area contributed by atoms with Crippen LogP contribution < -0.4 is 0 Å². The summed E-state index contributed by atoms with van der Waals surface area (Å²) in [4.78, 5) is 15.3. The van der Waals surface area contributed by atoms with Gasteiger partial charge in [-0.15, -0.1) is 0 Å². The van der Waals surface area contributed by atoms with Crippen LogP contribution in [0.4, 0.5) is 31.1 Å². The zero-order chi connectivity index (χ0) is 25.5. The number of hydrogen-bond acceptors (Lipinski definition) is 4. The third-order valence-corrected chi connectivity index (χ3v) is 7.36. The van der Waals surface area contributed by atoms with Crippen molar-refractivity contribution in [2.75, 3.05) is 26.2 Å². The molecule has 0 N–H and O–H groups in total. The second-order valence-electron chi connectivity index (χ2n) is 10.4. The van der Waals surface area contributed by atoms with E-state index < -0.39 is 24.5 Å². The normalized spacial score (nSPS) is 24.6. The minimum atomic E-state index is -5.71. The van der Waals surface area contributed by atoms with Crippen LogP contribution in [0, 0.1) is 11.8 Å². The van der Waals surface area contributed by atoms with E-state index >= 15 is 0 Å². The van der Waals surface area contributed by atoms with E-state index in [0.717, 1.165) is 29.1 Å². The minimum absolute atomic E-state index is 0.0200. The van der Waals surface area contributed by atoms with E-state index in [1.807, 2.05) is 0 Å². The van der Waals surface area contributed by atoms with Crippen molar-refractivity contribution < 1.29 is 35.9 Å². The number of aromatic nitrogens is 2. The molecule has 3 aliphatic rings. The smallest absolute Gasteiger partial charge is 0.426 e. The number of amides is 1. The van der Waals surface area contributed by atoms with Crippen molar-refractivity contribution >= 4 is 6.09 Å². The number of carbonyl (C=O) groups excluding carboxylic acids is 1. The molecule has 1 aromatic rings. The van der Waals surface area contributed by atoms with Crippen molar-refractivity contribution in [3.8, 4) is 0 Å². The maximum absolute atomic E-state index is 12.7. The molecule has 1 aliphatic carbocycles. The fraction of sp³-hybridized carbons (Fsp3) is 0.826. The van der Waals surface area contributed by atoms with Crippen LogP contribution in [0.3, 0.4) is 0 Å². The summed E-state index contributed by atoms with van der Waals surface area (Å²) in [5, 5.41) is 4.89. The standard InChI is InChI=1S/C23H32F6N4O2/c1-14(2)19-8-18(33(30-19)17-6-4-3-5-7-17)13-31-9-15-11-32(12-16(15)10-31)21(34)35-20(22(24,25)26)23(27,28)29/h8,14-17,20H,3-7,9-13H2,1-2H3. The van der Waals surface area contributed by atoms with Gasteiger partial charge in [0.15, 0.2) is 0 Å². The number of ether oxygens (including phenoxy) is 1. The number of fused-ring (bicyclic) bond motifs is 1. The summed E-state index contributed by atoms with van der Waals surface area (Å²) < 4.78 is 82.5. The highest BCUT2D eigenvalue weighted by Gasteiger charge is 2.60. The summed E-state index contributed by atoms with van der Waals surface area (Å²) >= 11 is 0. The summed E-state index contributed by atoms with van der Waals surface area (Å²) in [5.41, 5.74) is 2.18. The number of halogens is 6.